The predicted octanol–water partition coefficient (Wildman–Crippen LogP) is 3.47. The summed E-state index contributed by atoms with van der Waals surface area (Å²) in [6.45, 7) is 5.81. The molecule has 3 amide bonds. The van der Waals surface area contributed by atoms with Crippen LogP contribution in [0, 0.1) is 5.82 Å². The van der Waals surface area contributed by atoms with Crippen molar-refractivity contribution in [3.8, 4) is 5.75 Å². The molecule has 31 heavy (non-hydrogen) atoms. The Bertz CT molecular complexity index is 941. The molecule has 9 heteroatoms. The molecule has 0 aliphatic carbocycles. The Morgan fingerprint density at radius 3 is 2.55 bits per heavy atom. The summed E-state index contributed by atoms with van der Waals surface area (Å²) in [5.74, 6) is -0.0941. The second-order valence-electron chi connectivity index (χ2n) is 7.72. The molecule has 3 N–H and O–H groups in total. The molecule has 166 valence electrons. The van der Waals surface area contributed by atoms with Crippen LogP contribution >= 0.6 is 11.6 Å². The first-order valence-corrected chi connectivity index (χ1v) is 10.4. The molecule has 1 aliphatic heterocycles. The van der Waals surface area contributed by atoms with E-state index in [9.17, 15) is 14.0 Å². The molecule has 0 saturated carbocycles. The number of amides is 3. The number of halogens is 2. The number of nitrogens with zero attached hydrogens (tertiary/aromatic N) is 2. The minimum absolute atomic E-state index is 0.0128. The van der Waals surface area contributed by atoms with Crippen LogP contribution in [0.3, 0.4) is 0 Å². The molecule has 0 radical (unpaired) electrons. The molecule has 1 saturated heterocycles. The number of piperazine rings is 1. The van der Waals surface area contributed by atoms with Crippen LogP contribution in [-0.2, 0) is 11.3 Å². The van der Waals surface area contributed by atoms with Crippen LogP contribution in [0.25, 0.3) is 0 Å². The maximum atomic E-state index is 13.1. The molecule has 2 aromatic carbocycles. The molecule has 0 spiro atoms. The standard InChI is InChI=1S/C22H26ClFN4O3/c1-14-11-28(15(2)10-27(14)12-16-3-6-18(24)7-4-16)21(29)13-31-20-8-5-17(23)9-19(20)26-22(25)30/h3-9,14-15H,10-13H2,1-2H3,(H3,25,26,30)/t14-,15+/m0/s1. The van der Waals surface area contributed by atoms with Crippen LogP contribution in [0.5, 0.6) is 5.75 Å². The average molecular weight is 449 g/mol. The first-order valence-electron chi connectivity index (χ1n) is 9.99. The van der Waals surface area contributed by atoms with Crippen molar-refractivity contribution in [1.82, 2.24) is 9.80 Å². The second kappa shape index (κ2) is 9.98. The van der Waals surface area contributed by atoms with E-state index in [1.807, 2.05) is 6.92 Å². The maximum Gasteiger partial charge on any atom is 0.316 e. The van der Waals surface area contributed by atoms with Crippen LogP contribution in [0.4, 0.5) is 14.9 Å². The van der Waals surface area contributed by atoms with E-state index in [1.54, 1.807) is 29.2 Å². The fourth-order valence-corrected chi connectivity index (χ4v) is 3.84. The zero-order valence-corrected chi connectivity index (χ0v) is 18.2. The van der Waals surface area contributed by atoms with Gasteiger partial charge in [-0.3, -0.25) is 9.69 Å². The highest BCUT2D eigenvalue weighted by Gasteiger charge is 2.32. The molecule has 1 heterocycles. The molecule has 2 aromatic rings. The highest BCUT2D eigenvalue weighted by Crippen LogP contribution is 2.28. The number of carbonyl (C=O) groups excluding carboxylic acids is 2. The summed E-state index contributed by atoms with van der Waals surface area (Å²) in [7, 11) is 0. The van der Waals surface area contributed by atoms with Gasteiger partial charge in [-0.25, -0.2) is 9.18 Å². The van der Waals surface area contributed by atoms with E-state index in [0.717, 1.165) is 5.56 Å². The summed E-state index contributed by atoms with van der Waals surface area (Å²) >= 11 is 5.95. The minimum atomic E-state index is -0.752. The van der Waals surface area contributed by atoms with Gasteiger partial charge in [0.15, 0.2) is 6.61 Å². The normalized spacial score (nSPS) is 19.2. The number of hydrogen-bond acceptors (Lipinski definition) is 4. The van der Waals surface area contributed by atoms with Gasteiger partial charge < -0.3 is 20.7 Å². The third-order valence-corrected chi connectivity index (χ3v) is 5.52. The summed E-state index contributed by atoms with van der Waals surface area (Å²) in [6.07, 6.45) is 0. The third-order valence-electron chi connectivity index (χ3n) is 5.28. The van der Waals surface area contributed by atoms with Crippen LogP contribution in [0.2, 0.25) is 5.02 Å². The van der Waals surface area contributed by atoms with Crippen molar-refractivity contribution in [2.45, 2.75) is 32.5 Å². The maximum absolute atomic E-state index is 13.1. The van der Waals surface area contributed by atoms with Gasteiger partial charge in [0.25, 0.3) is 5.91 Å². The van der Waals surface area contributed by atoms with E-state index in [0.29, 0.717) is 36.1 Å². The van der Waals surface area contributed by atoms with Gasteiger partial charge in [-0.05, 0) is 49.7 Å². The molecule has 1 aliphatic rings. The lowest BCUT2D eigenvalue weighted by atomic mass is 10.1. The van der Waals surface area contributed by atoms with Crippen LogP contribution in [0.15, 0.2) is 42.5 Å². The van der Waals surface area contributed by atoms with Gasteiger partial charge in [0.2, 0.25) is 0 Å². The summed E-state index contributed by atoms with van der Waals surface area (Å²) in [5.41, 5.74) is 6.51. The van der Waals surface area contributed by atoms with Crippen LogP contribution in [-0.4, -0.2) is 53.5 Å². The highest BCUT2D eigenvalue weighted by molar-refractivity contribution is 6.31. The number of nitrogens with one attached hydrogen (secondary N) is 1. The van der Waals surface area contributed by atoms with Gasteiger partial charge in [0.1, 0.15) is 11.6 Å². The number of carbonyl (C=O) groups is 2. The Hall–Kier alpha value is -2.84. The molecule has 0 bridgehead atoms. The minimum Gasteiger partial charge on any atom is -0.482 e. The Kier molecular flexibility index (Phi) is 7.35. The van der Waals surface area contributed by atoms with Gasteiger partial charge in [0.05, 0.1) is 5.69 Å². The summed E-state index contributed by atoms with van der Waals surface area (Å²) in [4.78, 5) is 28.1. The number of primary amides is 1. The van der Waals surface area contributed by atoms with E-state index >= 15 is 0 Å². The predicted molar refractivity (Wildman–Crippen MR) is 118 cm³/mol. The number of rotatable bonds is 6. The number of benzene rings is 2. The molecular weight excluding hydrogens is 423 g/mol. The average Bonchev–Trinajstić information content (AvgIpc) is 2.71. The monoisotopic (exact) mass is 448 g/mol. The van der Waals surface area contributed by atoms with Gasteiger partial charge in [-0.15, -0.1) is 0 Å². The van der Waals surface area contributed by atoms with Crippen molar-refractivity contribution in [2.75, 3.05) is 25.0 Å². The second-order valence-corrected chi connectivity index (χ2v) is 8.15. The van der Waals surface area contributed by atoms with Gasteiger partial charge >= 0.3 is 6.03 Å². The molecule has 1 fully saturated rings. The van der Waals surface area contributed by atoms with E-state index in [2.05, 4.69) is 17.1 Å². The summed E-state index contributed by atoms with van der Waals surface area (Å²) < 4.78 is 18.8. The Labute approximate surface area is 185 Å². The molecule has 7 nitrogen and oxygen atoms in total. The lowest BCUT2D eigenvalue weighted by molar-refractivity contribution is -0.139. The van der Waals surface area contributed by atoms with Gasteiger partial charge in [-0.2, -0.15) is 0 Å². The van der Waals surface area contributed by atoms with Gasteiger partial charge in [-0.1, -0.05) is 23.7 Å². The van der Waals surface area contributed by atoms with Crippen molar-refractivity contribution in [1.29, 1.82) is 0 Å². The third kappa shape index (κ3) is 6.08. The highest BCUT2D eigenvalue weighted by atomic mass is 35.5. The lowest BCUT2D eigenvalue weighted by Crippen LogP contribution is -2.58. The zero-order chi connectivity index (χ0) is 22.5. The van der Waals surface area contributed by atoms with Crippen molar-refractivity contribution < 1.29 is 18.7 Å². The Morgan fingerprint density at radius 2 is 1.87 bits per heavy atom. The van der Waals surface area contributed by atoms with Crippen LogP contribution in [0.1, 0.15) is 19.4 Å². The molecule has 0 unspecified atom stereocenters. The van der Waals surface area contributed by atoms with E-state index in [1.165, 1.54) is 18.2 Å². The zero-order valence-electron chi connectivity index (χ0n) is 17.5. The Balaban J connectivity index is 1.59. The number of urea groups is 1. The number of anilines is 1. The number of nitrogens with two attached hydrogens (primary N) is 1. The topological polar surface area (TPSA) is 87.9 Å². The fraction of sp³-hybridized carbons (Fsp3) is 0.364. The first-order chi connectivity index (χ1) is 14.7. The number of ether oxygens (including phenoxy) is 1. The number of hydrogen-bond donors (Lipinski definition) is 2. The van der Waals surface area contributed by atoms with Crippen molar-refractivity contribution >= 4 is 29.2 Å². The molecule has 0 aromatic heterocycles. The van der Waals surface area contributed by atoms with Crippen LogP contribution < -0.4 is 15.8 Å². The summed E-state index contributed by atoms with van der Waals surface area (Å²) in [5, 5.41) is 2.84. The largest absolute Gasteiger partial charge is 0.482 e. The lowest BCUT2D eigenvalue weighted by Gasteiger charge is -2.44. The summed E-state index contributed by atoms with van der Waals surface area (Å²) in [6, 6.07) is 10.5. The van der Waals surface area contributed by atoms with Crippen molar-refractivity contribution in [3.05, 3.63) is 58.9 Å². The molecule has 2 atom stereocenters. The molecular formula is C22H26ClFN4O3. The van der Waals surface area contributed by atoms with Gasteiger partial charge in [0, 0.05) is 36.7 Å². The van der Waals surface area contributed by atoms with Crippen molar-refractivity contribution in [2.24, 2.45) is 5.73 Å². The fourth-order valence-electron chi connectivity index (χ4n) is 3.67. The quantitative estimate of drug-likeness (QED) is 0.708. The Morgan fingerprint density at radius 1 is 1.16 bits per heavy atom. The van der Waals surface area contributed by atoms with Crippen molar-refractivity contribution in [3.63, 3.8) is 0 Å². The smallest absolute Gasteiger partial charge is 0.316 e. The molecule has 3 rings (SSSR count). The van der Waals surface area contributed by atoms with E-state index in [-0.39, 0.29) is 30.4 Å². The van der Waals surface area contributed by atoms with E-state index < -0.39 is 6.03 Å². The van der Waals surface area contributed by atoms with E-state index in [4.69, 9.17) is 22.1 Å². The first kappa shape index (κ1) is 22.8. The SMILES string of the molecule is C[C@@H]1CN(Cc2ccc(F)cc2)[C@@H](C)CN1C(=O)COc1ccc(Cl)cc1NC(N)=O.